The molecule has 0 saturated carbocycles. The minimum Gasteiger partial charge on any atom is -0.496 e. The third-order valence-electron chi connectivity index (χ3n) is 3.30. The van der Waals surface area contributed by atoms with E-state index in [0.717, 1.165) is 30.2 Å². The summed E-state index contributed by atoms with van der Waals surface area (Å²) in [6.45, 7) is 4.16. The number of ether oxygens (including phenoxy) is 1. The maximum Gasteiger partial charge on any atom is 0.141 e. The first-order valence-electron chi connectivity index (χ1n) is 7.22. The summed E-state index contributed by atoms with van der Waals surface area (Å²) in [4.78, 5) is 7.43. The van der Waals surface area contributed by atoms with Crippen LogP contribution in [0.15, 0.2) is 30.6 Å². The predicted molar refractivity (Wildman–Crippen MR) is 81.8 cm³/mol. The van der Waals surface area contributed by atoms with E-state index in [9.17, 15) is 0 Å². The Bertz CT molecular complexity index is 508. The maximum absolute atomic E-state index is 5.40. The monoisotopic (exact) mass is 273 g/mol. The highest BCUT2D eigenvalue weighted by atomic mass is 16.5. The minimum atomic E-state index is 0.842. The SMILES string of the molecule is CCCCCNCc1ccc(OC)c(-c2ncc[nH]2)c1. The molecule has 4 heteroatoms. The molecule has 0 saturated heterocycles. The fourth-order valence-corrected chi connectivity index (χ4v) is 2.20. The van der Waals surface area contributed by atoms with Crippen LogP contribution in [0.5, 0.6) is 5.75 Å². The molecule has 0 radical (unpaired) electrons. The topological polar surface area (TPSA) is 49.9 Å². The molecule has 1 aromatic carbocycles. The van der Waals surface area contributed by atoms with Crippen molar-refractivity contribution >= 4 is 0 Å². The molecule has 108 valence electrons. The van der Waals surface area contributed by atoms with Gasteiger partial charge < -0.3 is 15.0 Å². The highest BCUT2D eigenvalue weighted by molar-refractivity contribution is 5.65. The van der Waals surface area contributed by atoms with Gasteiger partial charge in [0.2, 0.25) is 0 Å². The van der Waals surface area contributed by atoms with Crippen LogP contribution in [-0.2, 0) is 6.54 Å². The molecule has 1 aromatic heterocycles. The lowest BCUT2D eigenvalue weighted by Crippen LogP contribution is -2.14. The van der Waals surface area contributed by atoms with Gasteiger partial charge in [-0.25, -0.2) is 4.98 Å². The van der Waals surface area contributed by atoms with Gasteiger partial charge >= 0.3 is 0 Å². The highest BCUT2D eigenvalue weighted by Gasteiger charge is 2.08. The number of nitrogens with zero attached hydrogens (tertiary/aromatic N) is 1. The number of unbranched alkanes of at least 4 members (excludes halogenated alkanes) is 2. The Balaban J connectivity index is 2.02. The van der Waals surface area contributed by atoms with E-state index in [1.165, 1.54) is 24.8 Å². The standard InChI is InChI=1S/C16H23N3O/c1-3-4-5-8-17-12-13-6-7-15(20-2)14(11-13)16-18-9-10-19-16/h6-7,9-11,17H,3-5,8,12H2,1-2H3,(H,18,19). The van der Waals surface area contributed by atoms with Gasteiger partial charge in [0.1, 0.15) is 11.6 Å². The van der Waals surface area contributed by atoms with E-state index in [1.54, 1.807) is 13.3 Å². The molecule has 1 heterocycles. The zero-order valence-corrected chi connectivity index (χ0v) is 12.3. The quantitative estimate of drug-likeness (QED) is 0.725. The van der Waals surface area contributed by atoms with Gasteiger partial charge in [0, 0.05) is 18.9 Å². The van der Waals surface area contributed by atoms with Gasteiger partial charge in [0.15, 0.2) is 0 Å². The molecule has 2 rings (SSSR count). The molecule has 0 aliphatic rings. The lowest BCUT2D eigenvalue weighted by Gasteiger charge is -2.10. The van der Waals surface area contributed by atoms with Gasteiger partial charge in [-0.3, -0.25) is 0 Å². The van der Waals surface area contributed by atoms with Crippen molar-refractivity contribution in [2.75, 3.05) is 13.7 Å². The van der Waals surface area contributed by atoms with Crippen molar-refractivity contribution < 1.29 is 4.74 Å². The molecule has 0 aliphatic carbocycles. The van der Waals surface area contributed by atoms with Crippen molar-refractivity contribution in [3.63, 3.8) is 0 Å². The lowest BCUT2D eigenvalue weighted by atomic mass is 10.1. The van der Waals surface area contributed by atoms with E-state index in [0.29, 0.717) is 0 Å². The lowest BCUT2D eigenvalue weighted by molar-refractivity contribution is 0.416. The number of rotatable bonds is 8. The number of H-pyrrole nitrogens is 1. The second-order valence-corrected chi connectivity index (χ2v) is 4.86. The number of imidazole rings is 1. The summed E-state index contributed by atoms with van der Waals surface area (Å²) < 4.78 is 5.40. The molecule has 20 heavy (non-hydrogen) atoms. The molecule has 0 amide bonds. The van der Waals surface area contributed by atoms with Crippen LogP contribution in [0.2, 0.25) is 0 Å². The minimum absolute atomic E-state index is 0.842. The van der Waals surface area contributed by atoms with Crippen LogP contribution >= 0.6 is 0 Å². The van der Waals surface area contributed by atoms with E-state index in [1.807, 2.05) is 12.3 Å². The van der Waals surface area contributed by atoms with Gasteiger partial charge in [-0.15, -0.1) is 0 Å². The third-order valence-corrected chi connectivity index (χ3v) is 3.30. The van der Waals surface area contributed by atoms with E-state index in [-0.39, 0.29) is 0 Å². The molecule has 0 atom stereocenters. The zero-order chi connectivity index (χ0) is 14.2. The van der Waals surface area contributed by atoms with Crippen LogP contribution in [0.4, 0.5) is 0 Å². The summed E-state index contributed by atoms with van der Waals surface area (Å²) >= 11 is 0. The van der Waals surface area contributed by atoms with Crippen LogP contribution in [0.1, 0.15) is 31.7 Å². The smallest absolute Gasteiger partial charge is 0.141 e. The molecular formula is C16H23N3O. The van der Waals surface area contributed by atoms with Crippen LogP contribution in [0, 0.1) is 0 Å². The summed E-state index contributed by atoms with van der Waals surface area (Å²) in [6, 6.07) is 6.23. The molecule has 4 nitrogen and oxygen atoms in total. The number of hydrogen-bond donors (Lipinski definition) is 2. The number of hydrogen-bond acceptors (Lipinski definition) is 3. The summed E-state index contributed by atoms with van der Waals surface area (Å²) in [5.74, 6) is 1.68. The first-order chi connectivity index (χ1) is 9.85. The Morgan fingerprint density at radius 3 is 2.90 bits per heavy atom. The summed E-state index contributed by atoms with van der Waals surface area (Å²) in [6.07, 6.45) is 7.35. The second kappa shape index (κ2) is 7.70. The molecule has 0 spiro atoms. The fourth-order valence-electron chi connectivity index (χ4n) is 2.20. The molecular weight excluding hydrogens is 250 g/mol. The fraction of sp³-hybridized carbons (Fsp3) is 0.438. The Morgan fingerprint density at radius 2 is 2.20 bits per heavy atom. The average Bonchev–Trinajstić information content (AvgIpc) is 3.01. The molecule has 0 bridgehead atoms. The van der Waals surface area contributed by atoms with Crippen LogP contribution < -0.4 is 10.1 Å². The first-order valence-corrected chi connectivity index (χ1v) is 7.22. The molecule has 2 aromatic rings. The Labute approximate surface area is 120 Å². The second-order valence-electron chi connectivity index (χ2n) is 4.86. The van der Waals surface area contributed by atoms with E-state index in [4.69, 9.17) is 4.74 Å². The van der Waals surface area contributed by atoms with Crippen LogP contribution in [-0.4, -0.2) is 23.6 Å². The summed E-state index contributed by atoms with van der Waals surface area (Å²) in [5, 5.41) is 3.48. The average molecular weight is 273 g/mol. The van der Waals surface area contributed by atoms with Crippen LogP contribution in [0.25, 0.3) is 11.4 Å². The van der Waals surface area contributed by atoms with Crippen molar-refractivity contribution in [2.24, 2.45) is 0 Å². The third kappa shape index (κ3) is 3.84. The van der Waals surface area contributed by atoms with Crippen LogP contribution in [0.3, 0.4) is 0 Å². The van der Waals surface area contributed by atoms with Gasteiger partial charge in [0.25, 0.3) is 0 Å². The molecule has 0 unspecified atom stereocenters. The van der Waals surface area contributed by atoms with Gasteiger partial charge in [-0.05, 0) is 30.7 Å². The number of aromatic amines is 1. The Hall–Kier alpha value is -1.81. The Kier molecular flexibility index (Phi) is 5.62. The summed E-state index contributed by atoms with van der Waals surface area (Å²) in [5.41, 5.74) is 2.25. The molecule has 0 fully saturated rings. The molecule has 0 aliphatic heterocycles. The highest BCUT2D eigenvalue weighted by Crippen LogP contribution is 2.28. The van der Waals surface area contributed by atoms with Crippen molar-refractivity contribution in [2.45, 2.75) is 32.7 Å². The van der Waals surface area contributed by atoms with Gasteiger partial charge in [-0.2, -0.15) is 0 Å². The Morgan fingerprint density at radius 1 is 1.30 bits per heavy atom. The number of benzene rings is 1. The normalized spacial score (nSPS) is 10.7. The first kappa shape index (κ1) is 14.6. The largest absolute Gasteiger partial charge is 0.496 e. The molecule has 2 N–H and O–H groups in total. The summed E-state index contributed by atoms with van der Waals surface area (Å²) in [7, 11) is 1.68. The van der Waals surface area contributed by atoms with Crippen molar-refractivity contribution in [1.29, 1.82) is 0 Å². The number of aromatic nitrogens is 2. The van der Waals surface area contributed by atoms with E-state index >= 15 is 0 Å². The van der Waals surface area contributed by atoms with Gasteiger partial charge in [0.05, 0.1) is 12.7 Å². The van der Waals surface area contributed by atoms with Crippen molar-refractivity contribution in [1.82, 2.24) is 15.3 Å². The van der Waals surface area contributed by atoms with Crippen molar-refractivity contribution in [3.8, 4) is 17.1 Å². The van der Waals surface area contributed by atoms with E-state index in [2.05, 4.69) is 34.3 Å². The van der Waals surface area contributed by atoms with Gasteiger partial charge in [-0.1, -0.05) is 25.8 Å². The number of nitrogens with one attached hydrogen (secondary N) is 2. The van der Waals surface area contributed by atoms with E-state index < -0.39 is 0 Å². The van der Waals surface area contributed by atoms with Crippen molar-refractivity contribution in [3.05, 3.63) is 36.2 Å². The predicted octanol–water partition coefficient (Wildman–Crippen LogP) is 3.37. The zero-order valence-electron chi connectivity index (χ0n) is 12.3. The maximum atomic E-state index is 5.40. The number of methoxy groups -OCH3 is 1.